The summed E-state index contributed by atoms with van der Waals surface area (Å²) < 4.78 is 26.8. The number of hydrogen-bond donors (Lipinski definition) is 1. The number of thiophene rings is 1. The maximum Gasteiger partial charge on any atom is 0.142 e. The van der Waals surface area contributed by atoms with E-state index in [4.69, 9.17) is 11.6 Å². The van der Waals surface area contributed by atoms with Crippen molar-refractivity contribution in [1.29, 1.82) is 0 Å². The molecule has 18 heavy (non-hydrogen) atoms. The van der Waals surface area contributed by atoms with Crippen molar-refractivity contribution in [2.45, 2.75) is 18.9 Å². The number of aliphatic hydroxyl groups is 1. The first-order valence-corrected chi connectivity index (χ1v) is 6.68. The lowest BCUT2D eigenvalue weighted by Crippen LogP contribution is -2.03. The molecule has 1 aromatic heterocycles. The minimum absolute atomic E-state index is 0.0477. The van der Waals surface area contributed by atoms with Crippen LogP contribution in [-0.4, -0.2) is 5.11 Å². The Morgan fingerprint density at radius 2 is 2.06 bits per heavy atom. The third-order valence-corrected chi connectivity index (χ3v) is 3.87. The van der Waals surface area contributed by atoms with E-state index in [9.17, 15) is 13.9 Å². The molecule has 0 saturated carbocycles. The average molecular weight is 289 g/mol. The topological polar surface area (TPSA) is 20.2 Å². The smallest absolute Gasteiger partial charge is 0.142 e. The predicted molar refractivity (Wildman–Crippen MR) is 69.0 cm³/mol. The quantitative estimate of drug-likeness (QED) is 0.830. The van der Waals surface area contributed by atoms with Gasteiger partial charge in [-0.1, -0.05) is 17.7 Å². The van der Waals surface area contributed by atoms with Crippen LogP contribution in [0.4, 0.5) is 8.78 Å². The van der Waals surface area contributed by atoms with Gasteiger partial charge < -0.3 is 5.11 Å². The number of halogens is 3. The molecule has 0 radical (unpaired) electrons. The highest BCUT2D eigenvalue weighted by atomic mass is 35.5. The first kappa shape index (κ1) is 13.5. The average Bonchev–Trinajstić information content (AvgIpc) is 2.84. The lowest BCUT2D eigenvalue weighted by Gasteiger charge is -2.12. The molecule has 0 aliphatic carbocycles. The summed E-state index contributed by atoms with van der Waals surface area (Å²) in [6, 6.07) is 5.70. The van der Waals surface area contributed by atoms with E-state index in [1.165, 1.54) is 0 Å². The number of aliphatic hydroxyl groups excluding tert-OH is 1. The lowest BCUT2D eigenvalue weighted by atomic mass is 10.0. The van der Waals surface area contributed by atoms with Crippen LogP contribution in [0.2, 0.25) is 5.02 Å². The highest BCUT2D eigenvalue weighted by Gasteiger charge is 2.16. The second-order valence-corrected chi connectivity index (χ2v) is 5.36. The van der Waals surface area contributed by atoms with Gasteiger partial charge in [0, 0.05) is 10.4 Å². The largest absolute Gasteiger partial charge is 0.388 e. The van der Waals surface area contributed by atoms with Crippen LogP contribution in [0, 0.1) is 11.6 Å². The second-order valence-electron chi connectivity index (χ2n) is 3.92. The van der Waals surface area contributed by atoms with Crippen LogP contribution in [0.25, 0.3) is 0 Å². The van der Waals surface area contributed by atoms with Gasteiger partial charge in [0.1, 0.15) is 11.6 Å². The van der Waals surface area contributed by atoms with E-state index in [1.54, 1.807) is 11.3 Å². The summed E-state index contributed by atoms with van der Waals surface area (Å²) >= 11 is 7.02. The van der Waals surface area contributed by atoms with Crippen molar-refractivity contribution in [2.75, 3.05) is 0 Å². The summed E-state index contributed by atoms with van der Waals surface area (Å²) in [5.41, 5.74) is -0.0477. The molecule has 1 unspecified atom stereocenters. The predicted octanol–water partition coefficient (Wildman–Crippen LogP) is 4.35. The van der Waals surface area contributed by atoms with Crippen molar-refractivity contribution >= 4 is 22.9 Å². The normalized spacial score (nSPS) is 12.7. The van der Waals surface area contributed by atoms with Crippen molar-refractivity contribution in [1.82, 2.24) is 0 Å². The summed E-state index contributed by atoms with van der Waals surface area (Å²) in [6.07, 6.45) is -0.0556. The van der Waals surface area contributed by atoms with Crippen molar-refractivity contribution in [3.8, 4) is 0 Å². The first-order chi connectivity index (χ1) is 8.58. The van der Waals surface area contributed by atoms with Gasteiger partial charge in [-0.15, -0.1) is 11.3 Å². The van der Waals surface area contributed by atoms with E-state index < -0.39 is 17.7 Å². The van der Waals surface area contributed by atoms with Crippen LogP contribution < -0.4 is 0 Å². The molecule has 0 bridgehead atoms. The maximum atomic E-state index is 13.5. The molecule has 2 aromatic rings. The molecule has 0 fully saturated rings. The van der Waals surface area contributed by atoms with Gasteiger partial charge in [-0.25, -0.2) is 8.78 Å². The fourth-order valence-corrected chi connectivity index (χ4v) is 2.56. The number of hydrogen-bond acceptors (Lipinski definition) is 2. The number of rotatable bonds is 4. The third-order valence-electron chi connectivity index (χ3n) is 2.64. The SMILES string of the molecule is OC(CCc1cccs1)c1cc(F)c(Cl)cc1F. The summed E-state index contributed by atoms with van der Waals surface area (Å²) in [7, 11) is 0. The molecule has 1 N–H and O–H groups in total. The van der Waals surface area contributed by atoms with Crippen molar-refractivity contribution in [2.24, 2.45) is 0 Å². The molecule has 96 valence electrons. The molecule has 0 saturated heterocycles. The molecule has 1 aromatic carbocycles. The van der Waals surface area contributed by atoms with E-state index in [0.717, 1.165) is 17.0 Å². The van der Waals surface area contributed by atoms with Gasteiger partial charge in [0.15, 0.2) is 0 Å². The van der Waals surface area contributed by atoms with Crippen LogP contribution in [0.5, 0.6) is 0 Å². The van der Waals surface area contributed by atoms with Gasteiger partial charge in [0.2, 0.25) is 0 Å². The van der Waals surface area contributed by atoms with Gasteiger partial charge >= 0.3 is 0 Å². The van der Waals surface area contributed by atoms with E-state index in [0.29, 0.717) is 12.8 Å². The Morgan fingerprint density at radius 1 is 1.28 bits per heavy atom. The summed E-state index contributed by atoms with van der Waals surface area (Å²) in [4.78, 5) is 1.10. The molecular weight excluding hydrogens is 278 g/mol. The minimum atomic E-state index is -1.03. The van der Waals surface area contributed by atoms with Crippen LogP contribution >= 0.6 is 22.9 Å². The van der Waals surface area contributed by atoms with Crippen LogP contribution in [0.15, 0.2) is 29.6 Å². The minimum Gasteiger partial charge on any atom is -0.388 e. The fourth-order valence-electron chi connectivity index (χ4n) is 1.68. The van der Waals surface area contributed by atoms with Crippen LogP contribution in [0.1, 0.15) is 23.0 Å². The maximum absolute atomic E-state index is 13.5. The summed E-state index contributed by atoms with van der Waals surface area (Å²) in [6.45, 7) is 0. The molecule has 2 rings (SSSR count). The summed E-state index contributed by atoms with van der Waals surface area (Å²) in [5, 5.41) is 11.5. The second kappa shape index (κ2) is 5.78. The van der Waals surface area contributed by atoms with E-state index in [1.807, 2.05) is 17.5 Å². The van der Waals surface area contributed by atoms with Crippen molar-refractivity contribution < 1.29 is 13.9 Å². The molecule has 0 aliphatic rings. The van der Waals surface area contributed by atoms with Gasteiger partial charge in [-0.3, -0.25) is 0 Å². The number of aryl methyl sites for hydroxylation is 1. The van der Waals surface area contributed by atoms with Crippen LogP contribution in [0.3, 0.4) is 0 Å². The Kier molecular flexibility index (Phi) is 4.32. The summed E-state index contributed by atoms with van der Waals surface area (Å²) in [5.74, 6) is -1.40. The highest BCUT2D eigenvalue weighted by Crippen LogP contribution is 2.27. The van der Waals surface area contributed by atoms with Gasteiger partial charge in [0.05, 0.1) is 11.1 Å². The Hall–Kier alpha value is -0.970. The zero-order valence-electron chi connectivity index (χ0n) is 9.37. The van der Waals surface area contributed by atoms with Crippen molar-refractivity contribution in [3.05, 3.63) is 56.7 Å². The molecule has 1 heterocycles. The molecule has 1 nitrogen and oxygen atoms in total. The monoisotopic (exact) mass is 288 g/mol. The Labute approximate surface area is 113 Å². The fraction of sp³-hybridized carbons (Fsp3) is 0.231. The van der Waals surface area contributed by atoms with E-state index >= 15 is 0 Å². The standard InChI is InChI=1S/C13H11ClF2OS/c14-10-7-11(15)9(6-12(10)16)13(17)4-3-8-2-1-5-18-8/h1-2,5-7,13,17H,3-4H2. The van der Waals surface area contributed by atoms with E-state index in [2.05, 4.69) is 0 Å². The Balaban J connectivity index is 2.09. The lowest BCUT2D eigenvalue weighted by molar-refractivity contribution is 0.163. The molecule has 0 spiro atoms. The van der Waals surface area contributed by atoms with E-state index in [-0.39, 0.29) is 10.6 Å². The van der Waals surface area contributed by atoms with Gasteiger partial charge in [-0.05, 0) is 36.4 Å². The highest BCUT2D eigenvalue weighted by molar-refractivity contribution is 7.09. The van der Waals surface area contributed by atoms with Crippen LogP contribution in [-0.2, 0) is 6.42 Å². The number of benzene rings is 1. The van der Waals surface area contributed by atoms with Gasteiger partial charge in [0.25, 0.3) is 0 Å². The zero-order valence-corrected chi connectivity index (χ0v) is 10.9. The van der Waals surface area contributed by atoms with Gasteiger partial charge in [-0.2, -0.15) is 0 Å². The molecule has 5 heteroatoms. The Bertz CT molecular complexity index is 528. The first-order valence-electron chi connectivity index (χ1n) is 5.43. The zero-order chi connectivity index (χ0) is 13.1. The molecule has 1 atom stereocenters. The molecule has 0 aliphatic heterocycles. The Morgan fingerprint density at radius 3 is 2.72 bits per heavy atom. The molecular formula is C13H11ClF2OS. The third kappa shape index (κ3) is 3.07. The van der Waals surface area contributed by atoms with Crippen molar-refractivity contribution in [3.63, 3.8) is 0 Å². The molecule has 0 amide bonds.